The largest absolute Gasteiger partial charge is 0.462 e. The quantitative estimate of drug-likeness (QED) is 0.197. The van der Waals surface area contributed by atoms with E-state index >= 15 is 0 Å². The summed E-state index contributed by atoms with van der Waals surface area (Å²) >= 11 is 22.6. The zero-order valence-corrected chi connectivity index (χ0v) is 20.8. The molecule has 6 nitrogen and oxygen atoms in total. The second-order valence-corrected chi connectivity index (χ2v) is 10.4. The second-order valence-electron chi connectivity index (χ2n) is 6.11. The third kappa shape index (κ3) is 5.88. The van der Waals surface area contributed by atoms with Crippen LogP contribution in [-0.2, 0) is 4.74 Å². The minimum atomic E-state index is -1.98. The summed E-state index contributed by atoms with van der Waals surface area (Å²) in [5.41, 5.74) is 0.936. The van der Waals surface area contributed by atoms with E-state index in [1.807, 2.05) is 0 Å². The summed E-state index contributed by atoms with van der Waals surface area (Å²) in [6, 6.07) is 6.75. The van der Waals surface area contributed by atoms with E-state index in [2.05, 4.69) is 26.6 Å². The molecule has 1 atom stereocenters. The maximum Gasteiger partial charge on any atom is 0.341 e. The number of thiophene rings is 1. The van der Waals surface area contributed by atoms with E-state index in [1.54, 1.807) is 38.1 Å². The highest BCUT2D eigenvalue weighted by Crippen LogP contribution is 2.38. The van der Waals surface area contributed by atoms with Gasteiger partial charge in [-0.3, -0.25) is 9.59 Å². The number of carbonyl (C=O) groups is 3. The molecular weight excluding hydrogens is 539 g/mol. The molecule has 0 spiro atoms. The molecule has 11 heteroatoms. The van der Waals surface area contributed by atoms with Crippen LogP contribution in [-0.4, -0.2) is 34.2 Å². The first kappa shape index (κ1) is 24.9. The Morgan fingerprint density at radius 3 is 2.40 bits per heavy atom. The van der Waals surface area contributed by atoms with Crippen molar-refractivity contribution in [3.63, 3.8) is 0 Å². The van der Waals surface area contributed by atoms with Gasteiger partial charge in [-0.2, -0.15) is 0 Å². The number of Topliss-reactive ketones (excluding diaryl/α,β-unsaturated/α-hetero) is 1. The Morgan fingerprint density at radius 2 is 1.87 bits per heavy atom. The molecule has 162 valence electrons. The SMILES string of the molecule is CCOC(=O)c1c(N[C@H](NC(=O)c2ccccc2Br)C(Cl)(Cl)Cl)sc(C(C)=O)c1C. The zero-order chi connectivity index (χ0) is 22.6. The van der Waals surface area contributed by atoms with Crippen LogP contribution in [0.5, 0.6) is 0 Å². The Bertz CT molecular complexity index is 975. The van der Waals surface area contributed by atoms with Gasteiger partial charge in [0, 0.05) is 4.47 Å². The first-order chi connectivity index (χ1) is 14.0. The molecule has 0 radical (unpaired) electrons. The monoisotopic (exact) mass is 554 g/mol. The Hall–Kier alpha value is -1.32. The number of alkyl halides is 3. The van der Waals surface area contributed by atoms with Crippen molar-refractivity contribution in [3.8, 4) is 0 Å². The molecule has 0 aliphatic rings. The first-order valence-electron chi connectivity index (χ1n) is 8.67. The summed E-state index contributed by atoms with van der Waals surface area (Å²) in [5.74, 6) is -1.36. The van der Waals surface area contributed by atoms with Gasteiger partial charge in [-0.05, 0) is 54.4 Å². The van der Waals surface area contributed by atoms with Gasteiger partial charge in [0.25, 0.3) is 5.91 Å². The summed E-state index contributed by atoms with van der Waals surface area (Å²) in [4.78, 5) is 37.5. The summed E-state index contributed by atoms with van der Waals surface area (Å²) in [6.45, 7) is 4.84. The Kier molecular flexibility index (Phi) is 8.59. The number of anilines is 1. The fourth-order valence-electron chi connectivity index (χ4n) is 2.59. The van der Waals surface area contributed by atoms with Crippen LogP contribution in [0.1, 0.15) is 49.8 Å². The lowest BCUT2D eigenvalue weighted by Gasteiger charge is -2.27. The van der Waals surface area contributed by atoms with Crippen molar-refractivity contribution < 1.29 is 19.1 Å². The van der Waals surface area contributed by atoms with E-state index in [-0.39, 0.29) is 23.0 Å². The average molecular weight is 557 g/mol. The highest BCUT2D eigenvalue weighted by Gasteiger charge is 2.36. The van der Waals surface area contributed by atoms with Crippen molar-refractivity contribution in [2.24, 2.45) is 0 Å². The van der Waals surface area contributed by atoms with Gasteiger partial charge in [0.05, 0.1) is 22.6 Å². The molecule has 0 saturated heterocycles. The van der Waals surface area contributed by atoms with Gasteiger partial charge in [0.1, 0.15) is 11.2 Å². The minimum absolute atomic E-state index is 0.148. The van der Waals surface area contributed by atoms with Crippen LogP contribution in [0.4, 0.5) is 5.00 Å². The number of rotatable bonds is 7. The molecule has 0 aliphatic heterocycles. The fraction of sp³-hybridized carbons (Fsp3) is 0.316. The predicted octanol–water partition coefficient (Wildman–Crippen LogP) is 5.74. The van der Waals surface area contributed by atoms with Gasteiger partial charge >= 0.3 is 5.97 Å². The van der Waals surface area contributed by atoms with E-state index in [0.717, 1.165) is 11.3 Å². The number of esters is 1. The van der Waals surface area contributed by atoms with E-state index in [1.165, 1.54) is 6.92 Å². The smallest absolute Gasteiger partial charge is 0.341 e. The minimum Gasteiger partial charge on any atom is -0.462 e. The number of carbonyl (C=O) groups excluding carboxylic acids is 3. The second kappa shape index (κ2) is 10.3. The summed E-state index contributed by atoms with van der Waals surface area (Å²) < 4.78 is 3.68. The van der Waals surface area contributed by atoms with E-state index in [4.69, 9.17) is 39.5 Å². The van der Waals surface area contributed by atoms with Crippen molar-refractivity contribution in [2.45, 2.75) is 30.7 Å². The van der Waals surface area contributed by atoms with Crippen LogP contribution in [0, 0.1) is 6.92 Å². The summed E-state index contributed by atoms with van der Waals surface area (Å²) in [7, 11) is 0. The number of hydrogen-bond donors (Lipinski definition) is 2. The molecule has 0 aliphatic carbocycles. The normalized spacial score (nSPS) is 12.2. The van der Waals surface area contributed by atoms with Crippen LogP contribution in [0.15, 0.2) is 28.7 Å². The van der Waals surface area contributed by atoms with Gasteiger partial charge < -0.3 is 15.4 Å². The highest BCUT2D eigenvalue weighted by molar-refractivity contribution is 9.10. The molecule has 1 aromatic heterocycles. The lowest BCUT2D eigenvalue weighted by Crippen LogP contribution is -2.49. The maximum atomic E-state index is 12.7. The average Bonchev–Trinajstić information content (AvgIpc) is 2.97. The molecule has 1 aromatic carbocycles. The van der Waals surface area contributed by atoms with Crippen LogP contribution < -0.4 is 10.6 Å². The number of hydrogen-bond acceptors (Lipinski definition) is 6. The molecule has 1 amide bonds. The molecule has 0 bridgehead atoms. The van der Waals surface area contributed by atoms with Gasteiger partial charge in [-0.15, -0.1) is 11.3 Å². The Balaban J connectivity index is 2.43. The lowest BCUT2D eigenvalue weighted by molar-refractivity contribution is 0.0527. The van der Waals surface area contributed by atoms with Crippen molar-refractivity contribution >= 4 is 84.7 Å². The zero-order valence-electron chi connectivity index (χ0n) is 16.1. The third-order valence-electron chi connectivity index (χ3n) is 3.94. The highest BCUT2D eigenvalue weighted by atomic mass is 79.9. The van der Waals surface area contributed by atoms with Gasteiger partial charge in [-0.1, -0.05) is 46.9 Å². The van der Waals surface area contributed by atoms with Crippen molar-refractivity contribution in [1.82, 2.24) is 5.32 Å². The number of halogens is 4. The number of nitrogens with one attached hydrogen (secondary N) is 2. The fourth-order valence-corrected chi connectivity index (χ4v) is 4.50. The predicted molar refractivity (Wildman–Crippen MR) is 124 cm³/mol. The van der Waals surface area contributed by atoms with E-state index in [0.29, 0.717) is 20.5 Å². The maximum absolute atomic E-state index is 12.7. The van der Waals surface area contributed by atoms with Gasteiger partial charge in [0.2, 0.25) is 3.79 Å². The standard InChI is InChI=1S/C19H18BrCl3N2O4S/c1-4-29-17(28)13-9(2)14(10(3)26)30-16(13)25-18(19(21,22)23)24-15(27)11-7-5-6-8-12(11)20/h5-8,18,25H,4H2,1-3H3,(H,24,27)/t18-/m0/s1. The third-order valence-corrected chi connectivity index (χ3v) is 6.61. The Morgan fingerprint density at radius 1 is 1.23 bits per heavy atom. The topological polar surface area (TPSA) is 84.5 Å². The van der Waals surface area contributed by atoms with Crippen LogP contribution >= 0.6 is 62.1 Å². The lowest BCUT2D eigenvalue weighted by atomic mass is 10.1. The number of benzene rings is 1. The van der Waals surface area contributed by atoms with Crippen LogP contribution in [0.25, 0.3) is 0 Å². The number of ketones is 1. The molecule has 1 heterocycles. The summed E-state index contributed by atoms with van der Waals surface area (Å²) in [5, 5.41) is 5.75. The first-order valence-corrected chi connectivity index (χ1v) is 11.4. The molecular formula is C19H18BrCl3N2O4S. The number of ether oxygens (including phenoxy) is 1. The Labute approximate surface area is 201 Å². The molecule has 0 saturated carbocycles. The van der Waals surface area contributed by atoms with Crippen molar-refractivity contribution in [2.75, 3.05) is 11.9 Å². The molecule has 0 unspecified atom stereocenters. The number of amides is 1. The summed E-state index contributed by atoms with van der Waals surface area (Å²) in [6.07, 6.45) is -1.21. The van der Waals surface area contributed by atoms with Crippen molar-refractivity contribution in [3.05, 3.63) is 50.3 Å². The van der Waals surface area contributed by atoms with Crippen LogP contribution in [0.3, 0.4) is 0 Å². The molecule has 0 fully saturated rings. The van der Waals surface area contributed by atoms with Gasteiger partial charge in [-0.25, -0.2) is 4.79 Å². The molecule has 2 N–H and O–H groups in total. The van der Waals surface area contributed by atoms with E-state index in [9.17, 15) is 14.4 Å². The molecule has 2 rings (SSSR count). The van der Waals surface area contributed by atoms with Gasteiger partial charge in [0.15, 0.2) is 5.78 Å². The van der Waals surface area contributed by atoms with E-state index < -0.39 is 21.8 Å². The molecule has 2 aromatic rings. The van der Waals surface area contributed by atoms with Crippen LogP contribution in [0.2, 0.25) is 0 Å². The van der Waals surface area contributed by atoms with Crippen molar-refractivity contribution in [1.29, 1.82) is 0 Å². The molecule has 30 heavy (non-hydrogen) atoms.